The lowest BCUT2D eigenvalue weighted by Gasteiger charge is -2.18. The van der Waals surface area contributed by atoms with Gasteiger partial charge in [-0.05, 0) is 18.6 Å². The van der Waals surface area contributed by atoms with Crippen LogP contribution in [0.1, 0.15) is 19.8 Å². The van der Waals surface area contributed by atoms with Crippen molar-refractivity contribution in [2.24, 2.45) is 0 Å². The van der Waals surface area contributed by atoms with E-state index in [2.05, 4.69) is 18.2 Å². The molecule has 2 N–H and O–H groups in total. The molecule has 0 saturated heterocycles. The Hall–Kier alpha value is -1.70. The average molecular weight is 277 g/mol. The van der Waals surface area contributed by atoms with Gasteiger partial charge in [0.2, 0.25) is 0 Å². The Morgan fingerprint density at radius 2 is 2.05 bits per heavy atom. The van der Waals surface area contributed by atoms with Gasteiger partial charge in [-0.25, -0.2) is 0 Å². The van der Waals surface area contributed by atoms with Crippen LogP contribution < -0.4 is 14.8 Å². The van der Waals surface area contributed by atoms with Gasteiger partial charge >= 0.3 is 0 Å². The number of para-hydroxylation sites is 2. The average Bonchev–Trinajstić information content (AvgIpc) is 2.49. The van der Waals surface area contributed by atoms with E-state index < -0.39 is 6.10 Å². The maximum Gasteiger partial charge on any atom is 0.161 e. The summed E-state index contributed by atoms with van der Waals surface area (Å²) in [5.41, 5.74) is 0. The van der Waals surface area contributed by atoms with E-state index in [9.17, 15) is 5.11 Å². The molecule has 0 heterocycles. The molecule has 0 amide bonds. The summed E-state index contributed by atoms with van der Waals surface area (Å²) in [6.45, 7) is 2.72. The summed E-state index contributed by atoms with van der Waals surface area (Å²) in [5.74, 6) is 3.91. The summed E-state index contributed by atoms with van der Waals surface area (Å²) < 4.78 is 10.7. The first-order chi connectivity index (χ1) is 9.71. The van der Waals surface area contributed by atoms with Crippen molar-refractivity contribution in [3.63, 3.8) is 0 Å². The zero-order valence-electron chi connectivity index (χ0n) is 12.1. The molecular formula is C16H23NO3. The van der Waals surface area contributed by atoms with Crippen LogP contribution in [-0.4, -0.2) is 37.5 Å². The molecule has 0 radical (unpaired) electrons. The molecule has 0 fully saturated rings. The van der Waals surface area contributed by atoms with Crippen molar-refractivity contribution in [1.29, 1.82) is 0 Å². The van der Waals surface area contributed by atoms with Crippen LogP contribution in [0.5, 0.6) is 11.5 Å². The number of aliphatic hydroxyl groups is 1. The minimum Gasteiger partial charge on any atom is -0.493 e. The molecule has 0 aromatic heterocycles. The van der Waals surface area contributed by atoms with Crippen molar-refractivity contribution < 1.29 is 14.6 Å². The molecule has 1 aromatic rings. The molecule has 2 unspecified atom stereocenters. The van der Waals surface area contributed by atoms with Crippen molar-refractivity contribution in [3.8, 4) is 23.8 Å². The molecule has 0 bridgehead atoms. The highest BCUT2D eigenvalue weighted by atomic mass is 16.5. The predicted molar refractivity (Wildman–Crippen MR) is 80.0 cm³/mol. The van der Waals surface area contributed by atoms with Gasteiger partial charge in [0.25, 0.3) is 0 Å². The minimum absolute atomic E-state index is 0.208. The van der Waals surface area contributed by atoms with Crippen molar-refractivity contribution in [2.45, 2.75) is 31.9 Å². The Labute approximate surface area is 121 Å². The molecular weight excluding hydrogens is 254 g/mol. The summed E-state index contributed by atoms with van der Waals surface area (Å²) in [7, 11) is 1.59. The maximum absolute atomic E-state index is 9.91. The third-order valence-electron chi connectivity index (χ3n) is 3.00. The van der Waals surface area contributed by atoms with Gasteiger partial charge in [0.15, 0.2) is 11.5 Å². The highest BCUT2D eigenvalue weighted by Gasteiger charge is 2.10. The van der Waals surface area contributed by atoms with Crippen molar-refractivity contribution in [1.82, 2.24) is 5.32 Å². The number of methoxy groups -OCH3 is 1. The largest absolute Gasteiger partial charge is 0.493 e. The molecule has 4 heteroatoms. The first-order valence-electron chi connectivity index (χ1n) is 6.82. The second-order valence-corrected chi connectivity index (χ2v) is 4.54. The molecule has 1 rings (SSSR count). The van der Waals surface area contributed by atoms with Crippen molar-refractivity contribution in [2.75, 3.05) is 20.3 Å². The van der Waals surface area contributed by atoms with Crippen LogP contribution in [0.25, 0.3) is 0 Å². The lowest BCUT2D eigenvalue weighted by Crippen LogP contribution is -2.37. The standard InChI is InChI=1S/C16H23NO3/c1-4-8-13(5-2)17-11-14(18)12-20-16-10-7-6-9-15(16)19-3/h1,6-7,9-10,13-14,17-18H,5,8,11-12H2,2-3H3. The Balaban J connectivity index is 2.36. The lowest BCUT2D eigenvalue weighted by molar-refractivity contribution is 0.102. The fourth-order valence-electron chi connectivity index (χ4n) is 1.79. The predicted octanol–water partition coefficient (Wildman–Crippen LogP) is 1.83. The van der Waals surface area contributed by atoms with Gasteiger partial charge in [-0.3, -0.25) is 0 Å². The SMILES string of the molecule is C#CCC(CC)NCC(O)COc1ccccc1OC. The fraction of sp³-hybridized carbons (Fsp3) is 0.500. The third-order valence-corrected chi connectivity index (χ3v) is 3.00. The molecule has 0 aliphatic carbocycles. The zero-order chi connectivity index (χ0) is 14.8. The molecule has 0 aliphatic heterocycles. The van der Waals surface area contributed by atoms with Gasteiger partial charge in [-0.2, -0.15) is 0 Å². The lowest BCUT2D eigenvalue weighted by atomic mass is 10.1. The number of terminal acetylenes is 1. The van der Waals surface area contributed by atoms with Crippen LogP contribution in [-0.2, 0) is 0 Å². The van der Waals surface area contributed by atoms with Gasteiger partial charge in [-0.1, -0.05) is 19.1 Å². The first-order valence-corrected chi connectivity index (χ1v) is 6.82. The molecule has 4 nitrogen and oxygen atoms in total. The van der Waals surface area contributed by atoms with Crippen LogP contribution in [0, 0.1) is 12.3 Å². The molecule has 0 aliphatic rings. The second kappa shape index (κ2) is 9.24. The monoisotopic (exact) mass is 277 g/mol. The van der Waals surface area contributed by atoms with Crippen LogP contribution >= 0.6 is 0 Å². The topological polar surface area (TPSA) is 50.7 Å². The van der Waals surface area contributed by atoms with Crippen LogP contribution in [0.15, 0.2) is 24.3 Å². The maximum atomic E-state index is 9.91. The number of hydrogen-bond donors (Lipinski definition) is 2. The summed E-state index contributed by atoms with van der Waals surface area (Å²) in [5, 5.41) is 13.1. The second-order valence-electron chi connectivity index (χ2n) is 4.54. The number of rotatable bonds is 9. The highest BCUT2D eigenvalue weighted by Crippen LogP contribution is 2.25. The summed E-state index contributed by atoms with van der Waals surface area (Å²) in [4.78, 5) is 0. The van der Waals surface area contributed by atoms with Gasteiger partial charge in [0.05, 0.1) is 7.11 Å². The highest BCUT2D eigenvalue weighted by molar-refractivity contribution is 5.39. The first kappa shape index (κ1) is 16.4. The minimum atomic E-state index is -0.591. The Morgan fingerprint density at radius 1 is 1.35 bits per heavy atom. The number of nitrogens with one attached hydrogen (secondary N) is 1. The van der Waals surface area contributed by atoms with Crippen molar-refractivity contribution >= 4 is 0 Å². The Morgan fingerprint density at radius 3 is 2.65 bits per heavy atom. The summed E-state index contributed by atoms with van der Waals surface area (Å²) in [6.07, 6.45) is 6.29. The van der Waals surface area contributed by atoms with E-state index in [0.29, 0.717) is 24.5 Å². The summed E-state index contributed by atoms with van der Waals surface area (Å²) >= 11 is 0. The van der Waals surface area contributed by atoms with Crippen LogP contribution in [0.3, 0.4) is 0 Å². The van der Waals surface area contributed by atoms with Gasteiger partial charge < -0.3 is 19.9 Å². The fourth-order valence-corrected chi connectivity index (χ4v) is 1.79. The quantitative estimate of drug-likeness (QED) is 0.676. The van der Waals surface area contributed by atoms with E-state index in [0.717, 1.165) is 6.42 Å². The van der Waals surface area contributed by atoms with E-state index in [1.807, 2.05) is 24.3 Å². The molecule has 1 aromatic carbocycles. The van der Waals surface area contributed by atoms with E-state index in [-0.39, 0.29) is 12.6 Å². The van der Waals surface area contributed by atoms with Gasteiger partial charge in [0.1, 0.15) is 12.7 Å². The van der Waals surface area contributed by atoms with E-state index in [1.54, 1.807) is 7.11 Å². The number of benzene rings is 1. The molecule has 0 saturated carbocycles. The Kier molecular flexibility index (Phi) is 7.56. The summed E-state index contributed by atoms with van der Waals surface area (Å²) in [6, 6.07) is 7.60. The molecule has 20 heavy (non-hydrogen) atoms. The van der Waals surface area contributed by atoms with Gasteiger partial charge in [-0.15, -0.1) is 12.3 Å². The number of ether oxygens (including phenoxy) is 2. The zero-order valence-corrected chi connectivity index (χ0v) is 12.1. The van der Waals surface area contributed by atoms with E-state index >= 15 is 0 Å². The van der Waals surface area contributed by atoms with Crippen LogP contribution in [0.4, 0.5) is 0 Å². The van der Waals surface area contributed by atoms with Crippen LogP contribution in [0.2, 0.25) is 0 Å². The smallest absolute Gasteiger partial charge is 0.161 e. The molecule has 0 spiro atoms. The number of aliphatic hydroxyl groups excluding tert-OH is 1. The molecule has 110 valence electrons. The normalized spacial score (nSPS) is 13.3. The van der Waals surface area contributed by atoms with E-state index in [4.69, 9.17) is 15.9 Å². The number of hydrogen-bond acceptors (Lipinski definition) is 4. The van der Waals surface area contributed by atoms with Crippen molar-refractivity contribution in [3.05, 3.63) is 24.3 Å². The van der Waals surface area contributed by atoms with E-state index in [1.165, 1.54) is 0 Å². The molecule has 2 atom stereocenters. The Bertz CT molecular complexity index is 428. The van der Waals surface area contributed by atoms with Gasteiger partial charge in [0, 0.05) is 19.0 Å². The third kappa shape index (κ3) is 5.52.